The van der Waals surface area contributed by atoms with Crippen LogP contribution in [-0.4, -0.2) is 146 Å². The van der Waals surface area contributed by atoms with Gasteiger partial charge in [-0.25, -0.2) is 57.5 Å². The molecule has 0 aliphatic carbocycles. The molecule has 7 N–H and O–H groups in total. The SMILES string of the molecule is COc1ccc(-c2ccc(C(=O)NS(=O)(=O)c3ccc[nH]c3=O)c(N3C[C@@H](C)CC3(C)C)n2)cc1.Cc1cc(-c2ccc(C(=O)NS(=O)(=O)c3cccc(N)n3)c(N3C[C@@H](C)CC3(C)C)n2)cc(OCCOC(C)C)n1.Cc1ccnc(Nc2cccc(S(=O)(=O)NC(=O)c3cccnc3N3CC(C)CC3(C)C)n2)c1.[HH].[HH]. The maximum Gasteiger partial charge on any atom is 0.281 e. The molecule has 0 bridgehead atoms. The number of pyridine rings is 8. The van der Waals surface area contributed by atoms with Gasteiger partial charge in [-0.15, -0.1) is 0 Å². The summed E-state index contributed by atoms with van der Waals surface area (Å²) in [7, 11) is -11.3. The van der Waals surface area contributed by atoms with Gasteiger partial charge in [0.15, 0.2) is 14.9 Å². The van der Waals surface area contributed by atoms with E-state index < -0.39 is 58.2 Å². The number of carbonyl (C=O) groups excluding carboxylic acids is 3. The van der Waals surface area contributed by atoms with Crippen molar-refractivity contribution in [3.8, 4) is 34.1 Å². The fourth-order valence-corrected chi connectivity index (χ4v) is 16.9. The number of nitrogens with two attached hydrogens (primary N) is 1. The quantitative estimate of drug-likeness (QED) is 0.0343. The van der Waals surface area contributed by atoms with Crippen molar-refractivity contribution in [2.24, 2.45) is 17.8 Å². The first-order valence-corrected chi connectivity index (χ1v) is 40.2. The van der Waals surface area contributed by atoms with E-state index in [2.05, 4.69) is 117 Å². The number of aromatic nitrogens is 8. The molecule has 12 rings (SSSR count). The summed E-state index contributed by atoms with van der Waals surface area (Å²) >= 11 is 0. The molecule has 3 amide bonds. The normalized spacial score (nSPS) is 17.1. The second-order valence-electron chi connectivity index (χ2n) is 29.8. The molecule has 1 aromatic carbocycles. The topological polar surface area (TPSA) is 388 Å². The minimum absolute atomic E-state index is 0. The standard InChI is InChI=1S/C29H38N6O5S.C25H28N4O5S.C24H28N6O3S.2H2/c1-18(2)39-12-13-40-25-15-21(14-20(4)31-25)23-11-10-22(27(32-23)35-17-19(3)16-29(35,5)6)28(36)34-41(37,38)26-9-7-8-24(30)33-26;1-16-14-25(2,3)29(15-16)22-19(11-12-20(27-22)17-7-9-18(34-4)10-8-17)23(30)28-35(32,33)21-6-5-13-26-24(21)31;1-16-10-12-25-20(13-16)27-19-8-5-9-21(28-19)34(32,33)29-23(31)18-7-6-11-26-22(18)30-15-17(2)14-24(30,3)4;;/h7-11,14-15,18-19H,12-13,16-17H2,1-6H3,(H2,30,33)(H,34,36);5-13,16H,14-15H2,1-4H3,(H,26,31)(H,28,30);5-13,17H,14-15H2,1-4H3,(H,29,31)(H,25,27,28);2*1H/t19-;16-;;;/m00.../s1. The van der Waals surface area contributed by atoms with Crippen LogP contribution in [-0.2, 0) is 34.8 Å². The molecule has 9 aromatic rings. The molecule has 29 nitrogen and oxygen atoms in total. The largest absolute Gasteiger partial charge is 0.497 e. The van der Waals surface area contributed by atoms with Crippen LogP contribution in [0, 0.1) is 31.6 Å². The van der Waals surface area contributed by atoms with Crippen molar-refractivity contribution in [1.29, 1.82) is 0 Å². The average Bonchev–Trinajstić information content (AvgIpc) is 1.56. The van der Waals surface area contributed by atoms with E-state index in [1.165, 1.54) is 36.5 Å². The van der Waals surface area contributed by atoms with Gasteiger partial charge in [-0.05, 0) is 227 Å². The highest BCUT2D eigenvalue weighted by molar-refractivity contribution is 7.90. The summed E-state index contributed by atoms with van der Waals surface area (Å²) in [4.78, 5) is 90.7. The number of methoxy groups -OCH3 is 1. The molecule has 8 aromatic heterocycles. The van der Waals surface area contributed by atoms with Crippen molar-refractivity contribution < 1.29 is 56.7 Å². The number of aromatic amines is 1. The Balaban J connectivity index is 0.000000210. The van der Waals surface area contributed by atoms with Gasteiger partial charge in [0.25, 0.3) is 53.4 Å². The lowest BCUT2D eigenvalue weighted by Crippen LogP contribution is -2.41. The molecule has 11 heterocycles. The maximum absolute atomic E-state index is 13.5. The Labute approximate surface area is 644 Å². The zero-order valence-corrected chi connectivity index (χ0v) is 66.4. The van der Waals surface area contributed by atoms with Gasteiger partial charge >= 0.3 is 0 Å². The van der Waals surface area contributed by atoms with Crippen molar-refractivity contribution >= 4 is 82.7 Å². The number of rotatable bonds is 22. The molecule has 3 saturated heterocycles. The van der Waals surface area contributed by atoms with Gasteiger partial charge in [-0.3, -0.25) is 19.2 Å². The smallest absolute Gasteiger partial charge is 0.281 e. The van der Waals surface area contributed by atoms with Crippen molar-refractivity contribution in [3.63, 3.8) is 0 Å². The number of carbonyl (C=O) groups is 3. The van der Waals surface area contributed by atoms with E-state index in [9.17, 15) is 44.4 Å². The summed E-state index contributed by atoms with van der Waals surface area (Å²) in [6.07, 6.45) is 7.40. The van der Waals surface area contributed by atoms with Crippen molar-refractivity contribution in [3.05, 3.63) is 190 Å². The van der Waals surface area contributed by atoms with Crippen molar-refractivity contribution in [2.45, 2.75) is 147 Å². The van der Waals surface area contributed by atoms with E-state index in [1.807, 2.05) is 79.8 Å². The lowest BCUT2D eigenvalue weighted by Gasteiger charge is -2.34. The minimum atomic E-state index is -4.39. The Hall–Kier alpha value is -11.0. The van der Waals surface area contributed by atoms with Gasteiger partial charge in [-0.2, -0.15) is 16.8 Å². The number of nitrogen functional groups attached to an aromatic ring is 1. The molecular weight excluding hydrogens is 1470 g/mol. The number of nitrogens with one attached hydrogen (secondary N) is 5. The number of benzene rings is 1. The first kappa shape index (κ1) is 81.6. The lowest BCUT2D eigenvalue weighted by molar-refractivity contribution is 0.0542. The summed E-state index contributed by atoms with van der Waals surface area (Å²) in [5.41, 5.74) is 9.04. The van der Waals surface area contributed by atoms with E-state index in [0.717, 1.165) is 54.3 Å². The van der Waals surface area contributed by atoms with Crippen LogP contribution in [0.5, 0.6) is 11.6 Å². The second kappa shape index (κ2) is 33.5. The van der Waals surface area contributed by atoms with Gasteiger partial charge in [0.1, 0.15) is 47.3 Å². The Bertz CT molecular complexity index is 5310. The highest BCUT2D eigenvalue weighted by atomic mass is 32.2. The maximum atomic E-state index is 13.5. The van der Waals surface area contributed by atoms with Crippen LogP contribution in [0.2, 0.25) is 0 Å². The van der Waals surface area contributed by atoms with E-state index in [-0.39, 0.29) is 58.1 Å². The number of hydrogen-bond donors (Lipinski definition) is 6. The molecule has 0 radical (unpaired) electrons. The fraction of sp³-hybridized carbons (Fsp3) is 0.372. The molecule has 3 fully saturated rings. The molecule has 3 aliphatic heterocycles. The Morgan fingerprint density at radius 1 is 0.564 bits per heavy atom. The van der Waals surface area contributed by atoms with Gasteiger partial charge in [0, 0.05) is 80.6 Å². The van der Waals surface area contributed by atoms with Crippen LogP contribution in [0.3, 0.4) is 0 Å². The predicted molar refractivity (Wildman–Crippen MR) is 425 cm³/mol. The Morgan fingerprint density at radius 3 is 1.61 bits per heavy atom. The number of nitrogens with zero attached hydrogens (tertiary/aromatic N) is 10. The first-order chi connectivity index (χ1) is 51.8. The summed E-state index contributed by atoms with van der Waals surface area (Å²) in [6, 6.07) is 35.7. The minimum Gasteiger partial charge on any atom is -0.497 e. The molecule has 3 aliphatic rings. The average molecular weight is 1560 g/mol. The van der Waals surface area contributed by atoms with Gasteiger partial charge in [-0.1, -0.05) is 32.9 Å². The molecule has 3 atom stereocenters. The third-order valence-corrected chi connectivity index (χ3v) is 22.4. The number of amides is 3. The zero-order chi connectivity index (χ0) is 79.8. The number of sulfonamides is 3. The highest BCUT2D eigenvalue weighted by Crippen LogP contribution is 2.42. The number of aryl methyl sites for hydroxylation is 2. The van der Waals surface area contributed by atoms with Crippen LogP contribution in [0.15, 0.2) is 172 Å². The summed E-state index contributed by atoms with van der Waals surface area (Å²) in [6.45, 7) is 29.5. The van der Waals surface area contributed by atoms with E-state index in [0.29, 0.717) is 96.2 Å². The van der Waals surface area contributed by atoms with E-state index in [4.69, 9.17) is 29.9 Å². The van der Waals surface area contributed by atoms with Crippen LogP contribution in [0.1, 0.15) is 141 Å². The van der Waals surface area contributed by atoms with Crippen LogP contribution in [0.4, 0.5) is 34.9 Å². The molecule has 1 unspecified atom stereocenters. The molecule has 0 saturated carbocycles. The van der Waals surface area contributed by atoms with E-state index >= 15 is 0 Å². The Morgan fingerprint density at radius 2 is 1.09 bits per heavy atom. The highest BCUT2D eigenvalue weighted by Gasteiger charge is 2.43. The molecule has 586 valence electrons. The zero-order valence-electron chi connectivity index (χ0n) is 64.0. The fourth-order valence-electron chi connectivity index (χ4n) is 14.0. The number of anilines is 6. The number of ether oxygens (including phenoxy) is 3. The number of H-pyrrole nitrogens is 1. The lowest BCUT2D eigenvalue weighted by atomic mass is 9.97. The molecule has 110 heavy (non-hydrogen) atoms. The summed E-state index contributed by atoms with van der Waals surface area (Å²) < 4.78 is 101. The van der Waals surface area contributed by atoms with Gasteiger partial charge < -0.3 is 44.9 Å². The monoisotopic (exact) mass is 1560 g/mol. The molecule has 32 heteroatoms. The van der Waals surface area contributed by atoms with Crippen molar-refractivity contribution in [2.75, 3.05) is 65.7 Å². The predicted octanol–water partition coefficient (Wildman–Crippen LogP) is 11.3. The Kier molecular flexibility index (Phi) is 24.8. The van der Waals surface area contributed by atoms with Gasteiger partial charge in [0.05, 0.1) is 47.9 Å². The number of hydrogen-bond acceptors (Lipinski definition) is 25. The third kappa shape index (κ3) is 19.9. The summed E-state index contributed by atoms with van der Waals surface area (Å²) in [5, 5.41) is 2.36. The second-order valence-corrected chi connectivity index (χ2v) is 34.7. The summed E-state index contributed by atoms with van der Waals surface area (Å²) in [5.74, 6) is 1.99. The first-order valence-electron chi connectivity index (χ1n) is 35.8. The van der Waals surface area contributed by atoms with Crippen LogP contribution >= 0.6 is 0 Å². The van der Waals surface area contributed by atoms with E-state index in [1.54, 1.807) is 74.1 Å². The molecule has 0 spiro atoms. The van der Waals surface area contributed by atoms with Crippen LogP contribution < -0.4 is 54.9 Å². The van der Waals surface area contributed by atoms with Crippen molar-refractivity contribution in [1.82, 2.24) is 54.0 Å². The van der Waals surface area contributed by atoms with Crippen LogP contribution in [0.25, 0.3) is 22.5 Å². The van der Waals surface area contributed by atoms with Gasteiger partial charge in [0.2, 0.25) is 5.88 Å². The third-order valence-electron chi connectivity index (χ3n) is 18.6. The molecular formula is C78H98N16O13S3.